The Bertz CT molecular complexity index is 349. The summed E-state index contributed by atoms with van der Waals surface area (Å²) >= 11 is 0. The molecule has 0 spiro atoms. The summed E-state index contributed by atoms with van der Waals surface area (Å²) in [4.78, 5) is 22.0. The van der Waals surface area contributed by atoms with Crippen LogP contribution in [-0.2, 0) is 16.0 Å². The van der Waals surface area contributed by atoms with Crippen LogP contribution < -0.4 is 5.32 Å². The summed E-state index contributed by atoms with van der Waals surface area (Å²) in [6.45, 7) is 1.36. The number of aliphatic hydroxyl groups is 1. The van der Waals surface area contributed by atoms with E-state index in [0.717, 1.165) is 5.56 Å². The Labute approximate surface area is 94.3 Å². The van der Waals surface area contributed by atoms with Gasteiger partial charge in [-0.05, 0) is 18.9 Å². The van der Waals surface area contributed by atoms with Crippen molar-refractivity contribution >= 4 is 12.2 Å². The van der Waals surface area contributed by atoms with Crippen molar-refractivity contribution in [2.24, 2.45) is 0 Å². The standard InChI is InChI=1S/C12H15NO3/c1-9(15)12(16)13-11(8-14)7-10-5-3-2-4-6-10/h2-6,8-9,11,15H,7H2,1H3,(H,13,16). The molecule has 2 atom stereocenters. The second-order valence-electron chi connectivity index (χ2n) is 3.62. The van der Waals surface area contributed by atoms with E-state index in [4.69, 9.17) is 5.11 Å². The molecule has 16 heavy (non-hydrogen) atoms. The maximum absolute atomic E-state index is 11.2. The molecule has 0 saturated heterocycles. The van der Waals surface area contributed by atoms with Crippen molar-refractivity contribution in [1.82, 2.24) is 5.32 Å². The van der Waals surface area contributed by atoms with E-state index >= 15 is 0 Å². The molecular weight excluding hydrogens is 206 g/mol. The van der Waals surface area contributed by atoms with Gasteiger partial charge >= 0.3 is 0 Å². The van der Waals surface area contributed by atoms with Gasteiger partial charge in [-0.3, -0.25) is 4.79 Å². The summed E-state index contributed by atoms with van der Waals surface area (Å²) in [5, 5.41) is 11.5. The highest BCUT2D eigenvalue weighted by molar-refractivity contribution is 5.83. The number of rotatable bonds is 5. The highest BCUT2D eigenvalue weighted by atomic mass is 16.3. The number of carbonyl (C=O) groups excluding carboxylic acids is 2. The van der Waals surface area contributed by atoms with Gasteiger partial charge < -0.3 is 15.2 Å². The minimum atomic E-state index is -1.10. The van der Waals surface area contributed by atoms with Crippen molar-refractivity contribution < 1.29 is 14.7 Å². The summed E-state index contributed by atoms with van der Waals surface area (Å²) in [6, 6.07) is 8.79. The maximum Gasteiger partial charge on any atom is 0.249 e. The Morgan fingerprint density at radius 2 is 2.06 bits per heavy atom. The molecule has 0 aliphatic heterocycles. The van der Waals surface area contributed by atoms with Crippen LogP contribution >= 0.6 is 0 Å². The fourth-order valence-electron chi connectivity index (χ4n) is 1.30. The van der Waals surface area contributed by atoms with Gasteiger partial charge in [-0.1, -0.05) is 30.3 Å². The summed E-state index contributed by atoms with van der Waals surface area (Å²) < 4.78 is 0. The highest BCUT2D eigenvalue weighted by Crippen LogP contribution is 2.02. The number of benzene rings is 1. The first kappa shape index (κ1) is 12.4. The molecular formula is C12H15NO3. The first-order chi connectivity index (χ1) is 7.63. The SMILES string of the molecule is CC(O)C(=O)NC(C=O)Cc1ccccc1. The molecule has 4 heteroatoms. The van der Waals surface area contributed by atoms with Crippen LogP contribution in [-0.4, -0.2) is 29.4 Å². The Morgan fingerprint density at radius 3 is 2.56 bits per heavy atom. The lowest BCUT2D eigenvalue weighted by Gasteiger charge is -2.13. The predicted octanol–water partition coefficient (Wildman–Crippen LogP) is 0.294. The zero-order chi connectivity index (χ0) is 12.0. The van der Waals surface area contributed by atoms with Crippen LogP contribution in [0.15, 0.2) is 30.3 Å². The van der Waals surface area contributed by atoms with Gasteiger partial charge in [-0.15, -0.1) is 0 Å². The molecule has 1 aromatic rings. The van der Waals surface area contributed by atoms with Gasteiger partial charge in [0.25, 0.3) is 0 Å². The first-order valence-corrected chi connectivity index (χ1v) is 5.11. The van der Waals surface area contributed by atoms with Crippen molar-refractivity contribution in [2.75, 3.05) is 0 Å². The molecule has 0 bridgehead atoms. The van der Waals surface area contributed by atoms with Crippen LogP contribution in [0, 0.1) is 0 Å². The second-order valence-corrected chi connectivity index (χ2v) is 3.62. The van der Waals surface area contributed by atoms with Crippen molar-refractivity contribution in [2.45, 2.75) is 25.5 Å². The van der Waals surface area contributed by atoms with Gasteiger partial charge in [-0.25, -0.2) is 0 Å². The molecule has 0 aromatic heterocycles. The number of hydrogen-bond acceptors (Lipinski definition) is 3. The Balaban J connectivity index is 2.56. The number of amides is 1. The van der Waals surface area contributed by atoms with Crippen molar-refractivity contribution in [1.29, 1.82) is 0 Å². The van der Waals surface area contributed by atoms with Crippen molar-refractivity contribution in [3.05, 3.63) is 35.9 Å². The minimum Gasteiger partial charge on any atom is -0.384 e. The molecule has 2 N–H and O–H groups in total. The Morgan fingerprint density at radius 1 is 1.44 bits per heavy atom. The lowest BCUT2D eigenvalue weighted by atomic mass is 10.1. The monoisotopic (exact) mass is 221 g/mol. The summed E-state index contributed by atoms with van der Waals surface area (Å²) in [7, 11) is 0. The zero-order valence-corrected chi connectivity index (χ0v) is 9.09. The fraction of sp³-hybridized carbons (Fsp3) is 0.333. The number of hydrogen-bond donors (Lipinski definition) is 2. The quantitative estimate of drug-likeness (QED) is 0.702. The van der Waals surface area contributed by atoms with Gasteiger partial charge in [0.1, 0.15) is 12.4 Å². The lowest BCUT2D eigenvalue weighted by Crippen LogP contribution is -2.42. The third-order valence-corrected chi connectivity index (χ3v) is 2.17. The molecule has 2 unspecified atom stereocenters. The van der Waals surface area contributed by atoms with Crippen molar-refractivity contribution in [3.63, 3.8) is 0 Å². The average Bonchev–Trinajstić information content (AvgIpc) is 2.29. The summed E-state index contributed by atoms with van der Waals surface area (Å²) in [5.41, 5.74) is 0.963. The van der Waals surface area contributed by atoms with E-state index in [-0.39, 0.29) is 0 Å². The van der Waals surface area contributed by atoms with Crippen LogP contribution in [0.2, 0.25) is 0 Å². The van der Waals surface area contributed by atoms with Gasteiger partial charge in [0.2, 0.25) is 5.91 Å². The van der Waals surface area contributed by atoms with E-state index in [2.05, 4.69) is 5.32 Å². The molecule has 86 valence electrons. The molecule has 0 radical (unpaired) electrons. The normalized spacial score (nSPS) is 13.9. The van der Waals surface area contributed by atoms with E-state index < -0.39 is 18.1 Å². The zero-order valence-electron chi connectivity index (χ0n) is 9.09. The third-order valence-electron chi connectivity index (χ3n) is 2.17. The van der Waals surface area contributed by atoms with Gasteiger partial charge in [0, 0.05) is 0 Å². The smallest absolute Gasteiger partial charge is 0.249 e. The average molecular weight is 221 g/mol. The molecule has 1 rings (SSSR count). The van der Waals surface area contributed by atoms with Crippen LogP contribution in [0.3, 0.4) is 0 Å². The van der Waals surface area contributed by atoms with Gasteiger partial charge in [0.15, 0.2) is 0 Å². The highest BCUT2D eigenvalue weighted by Gasteiger charge is 2.15. The molecule has 0 aliphatic carbocycles. The number of carbonyl (C=O) groups is 2. The second kappa shape index (κ2) is 6.02. The van der Waals surface area contributed by atoms with E-state index in [1.54, 1.807) is 0 Å². The topological polar surface area (TPSA) is 66.4 Å². The van der Waals surface area contributed by atoms with Crippen LogP contribution in [0.1, 0.15) is 12.5 Å². The molecule has 0 aliphatic rings. The number of nitrogens with one attached hydrogen (secondary N) is 1. The van der Waals surface area contributed by atoms with E-state index in [1.807, 2.05) is 30.3 Å². The van der Waals surface area contributed by atoms with E-state index in [9.17, 15) is 9.59 Å². The summed E-state index contributed by atoms with van der Waals surface area (Å²) in [6.07, 6.45) is 0.00835. The Hall–Kier alpha value is -1.68. The Kier molecular flexibility index (Phi) is 4.66. The van der Waals surface area contributed by atoms with Crippen LogP contribution in [0.25, 0.3) is 0 Å². The summed E-state index contributed by atoms with van der Waals surface area (Å²) in [5.74, 6) is -0.534. The number of aldehydes is 1. The van der Waals surface area contributed by atoms with Gasteiger partial charge in [0.05, 0.1) is 6.04 Å². The maximum atomic E-state index is 11.2. The molecule has 1 aromatic carbocycles. The van der Waals surface area contributed by atoms with Crippen LogP contribution in [0.5, 0.6) is 0 Å². The van der Waals surface area contributed by atoms with Gasteiger partial charge in [-0.2, -0.15) is 0 Å². The molecule has 0 heterocycles. The van der Waals surface area contributed by atoms with Crippen molar-refractivity contribution in [3.8, 4) is 0 Å². The third kappa shape index (κ3) is 3.82. The molecule has 1 amide bonds. The van der Waals surface area contributed by atoms with E-state index in [1.165, 1.54) is 6.92 Å². The molecule has 0 saturated carbocycles. The predicted molar refractivity (Wildman–Crippen MR) is 59.8 cm³/mol. The molecule has 0 fully saturated rings. The first-order valence-electron chi connectivity index (χ1n) is 5.11. The fourth-order valence-corrected chi connectivity index (χ4v) is 1.30. The molecule has 4 nitrogen and oxygen atoms in total. The van der Waals surface area contributed by atoms with Crippen LogP contribution in [0.4, 0.5) is 0 Å². The van der Waals surface area contributed by atoms with E-state index in [0.29, 0.717) is 12.7 Å². The number of aliphatic hydroxyl groups excluding tert-OH is 1. The lowest BCUT2D eigenvalue weighted by molar-refractivity contribution is -0.130. The largest absolute Gasteiger partial charge is 0.384 e. The minimum absolute atomic E-state index is 0.433.